The summed E-state index contributed by atoms with van der Waals surface area (Å²) < 4.78 is 0. The molecule has 0 spiro atoms. The van der Waals surface area contributed by atoms with Crippen molar-refractivity contribution in [1.29, 1.82) is 0 Å². The molecule has 2 aromatic rings. The third kappa shape index (κ3) is 2.95. The highest BCUT2D eigenvalue weighted by Gasteiger charge is 2.13. The average Bonchev–Trinajstić information content (AvgIpc) is 2.37. The maximum atomic E-state index is 10.8. The van der Waals surface area contributed by atoms with E-state index in [0.717, 1.165) is 5.56 Å². The van der Waals surface area contributed by atoms with Gasteiger partial charge in [-0.2, -0.15) is 0 Å². The van der Waals surface area contributed by atoms with Gasteiger partial charge in [-0.15, -0.1) is 0 Å². The summed E-state index contributed by atoms with van der Waals surface area (Å²) >= 11 is 5.86. The van der Waals surface area contributed by atoms with Crippen molar-refractivity contribution in [3.05, 3.63) is 63.3 Å². The van der Waals surface area contributed by atoms with Gasteiger partial charge < -0.3 is 5.32 Å². The normalized spacial score (nSPS) is 10.1. The van der Waals surface area contributed by atoms with E-state index in [1.165, 1.54) is 18.3 Å². The lowest BCUT2D eigenvalue weighted by atomic mass is 10.2. The molecule has 1 heterocycles. The van der Waals surface area contributed by atoms with Crippen LogP contribution in [0, 0.1) is 10.1 Å². The van der Waals surface area contributed by atoms with Crippen molar-refractivity contribution in [2.45, 2.75) is 6.54 Å². The SMILES string of the molecule is O=[N+]([O-])c1cccnc1NCc1cccc(Cl)c1. The summed E-state index contributed by atoms with van der Waals surface area (Å²) in [6.07, 6.45) is 1.51. The number of nitrogens with zero attached hydrogens (tertiary/aromatic N) is 2. The molecular weight excluding hydrogens is 254 g/mol. The number of hydrogen-bond donors (Lipinski definition) is 1. The summed E-state index contributed by atoms with van der Waals surface area (Å²) in [7, 11) is 0. The monoisotopic (exact) mass is 263 g/mol. The molecule has 0 aliphatic rings. The summed E-state index contributed by atoms with van der Waals surface area (Å²) in [6, 6.07) is 10.2. The first-order valence-corrected chi connectivity index (χ1v) is 5.62. The molecule has 0 aliphatic heterocycles. The van der Waals surface area contributed by atoms with E-state index >= 15 is 0 Å². The van der Waals surface area contributed by atoms with Gasteiger partial charge in [0.15, 0.2) is 0 Å². The molecule has 0 fully saturated rings. The molecule has 1 aromatic carbocycles. The van der Waals surface area contributed by atoms with Gasteiger partial charge in [0, 0.05) is 23.8 Å². The van der Waals surface area contributed by atoms with Crippen LogP contribution in [-0.4, -0.2) is 9.91 Å². The largest absolute Gasteiger partial charge is 0.360 e. The lowest BCUT2D eigenvalue weighted by Gasteiger charge is -2.06. The fourth-order valence-electron chi connectivity index (χ4n) is 1.51. The molecule has 0 radical (unpaired) electrons. The number of benzene rings is 1. The Bertz CT molecular complexity index is 575. The minimum atomic E-state index is -0.465. The van der Waals surface area contributed by atoms with Crippen molar-refractivity contribution in [3.63, 3.8) is 0 Å². The van der Waals surface area contributed by atoms with Crippen LogP contribution in [0.2, 0.25) is 5.02 Å². The number of aromatic nitrogens is 1. The molecule has 6 heteroatoms. The number of hydrogen-bond acceptors (Lipinski definition) is 4. The Kier molecular flexibility index (Phi) is 3.74. The van der Waals surface area contributed by atoms with Crippen LogP contribution in [0.15, 0.2) is 42.6 Å². The van der Waals surface area contributed by atoms with E-state index in [4.69, 9.17) is 11.6 Å². The minimum absolute atomic E-state index is 0.0421. The van der Waals surface area contributed by atoms with Gasteiger partial charge in [-0.25, -0.2) is 4.98 Å². The second-order valence-corrected chi connectivity index (χ2v) is 4.05. The fraction of sp³-hybridized carbons (Fsp3) is 0.0833. The second kappa shape index (κ2) is 5.46. The van der Waals surface area contributed by atoms with Gasteiger partial charge >= 0.3 is 5.69 Å². The Hall–Kier alpha value is -2.14. The van der Waals surface area contributed by atoms with Crippen molar-refractivity contribution < 1.29 is 4.92 Å². The molecule has 0 amide bonds. The van der Waals surface area contributed by atoms with Crippen LogP contribution in [0.1, 0.15) is 5.56 Å². The maximum Gasteiger partial charge on any atom is 0.311 e. The van der Waals surface area contributed by atoms with Crippen molar-refractivity contribution >= 4 is 23.1 Å². The van der Waals surface area contributed by atoms with E-state index < -0.39 is 4.92 Å². The number of anilines is 1. The fourth-order valence-corrected chi connectivity index (χ4v) is 1.73. The molecule has 0 atom stereocenters. The molecular formula is C12H10ClN3O2. The molecule has 0 unspecified atom stereocenters. The van der Waals surface area contributed by atoms with Crippen molar-refractivity contribution in [2.24, 2.45) is 0 Å². The average molecular weight is 264 g/mol. The van der Waals surface area contributed by atoms with Crippen LogP contribution >= 0.6 is 11.6 Å². The quantitative estimate of drug-likeness (QED) is 0.679. The summed E-state index contributed by atoms with van der Waals surface area (Å²) in [4.78, 5) is 14.3. The van der Waals surface area contributed by atoms with Gasteiger partial charge in [0.05, 0.1) is 4.92 Å². The van der Waals surface area contributed by atoms with E-state index in [1.54, 1.807) is 12.1 Å². The van der Waals surface area contributed by atoms with Gasteiger partial charge in [0.1, 0.15) is 0 Å². The van der Waals surface area contributed by atoms with Crippen LogP contribution in [0.3, 0.4) is 0 Å². The summed E-state index contributed by atoms with van der Waals surface area (Å²) in [5.74, 6) is 0.252. The summed E-state index contributed by atoms with van der Waals surface area (Å²) in [5, 5.41) is 14.3. The molecule has 5 nitrogen and oxygen atoms in total. The highest BCUT2D eigenvalue weighted by atomic mass is 35.5. The number of nitro groups is 1. The van der Waals surface area contributed by atoms with Gasteiger partial charge in [0.25, 0.3) is 0 Å². The topological polar surface area (TPSA) is 68.1 Å². The van der Waals surface area contributed by atoms with Crippen LogP contribution in [0.25, 0.3) is 0 Å². The Balaban J connectivity index is 2.13. The number of rotatable bonds is 4. The van der Waals surface area contributed by atoms with Crippen LogP contribution in [-0.2, 0) is 6.54 Å². The summed E-state index contributed by atoms with van der Waals surface area (Å²) in [5.41, 5.74) is 0.891. The Morgan fingerprint density at radius 1 is 1.33 bits per heavy atom. The smallest absolute Gasteiger partial charge is 0.311 e. The highest BCUT2D eigenvalue weighted by Crippen LogP contribution is 2.21. The zero-order chi connectivity index (χ0) is 13.0. The predicted octanol–water partition coefficient (Wildman–Crippen LogP) is 3.26. The molecule has 0 bridgehead atoms. The first-order valence-electron chi connectivity index (χ1n) is 5.24. The van der Waals surface area contributed by atoms with Gasteiger partial charge in [-0.3, -0.25) is 10.1 Å². The third-order valence-corrected chi connectivity index (χ3v) is 2.57. The molecule has 0 saturated carbocycles. The first-order chi connectivity index (χ1) is 8.66. The van der Waals surface area contributed by atoms with Gasteiger partial charge in [-0.05, 0) is 23.8 Å². The van der Waals surface area contributed by atoms with Gasteiger partial charge in [0.2, 0.25) is 5.82 Å². The van der Waals surface area contributed by atoms with Crippen molar-refractivity contribution in [1.82, 2.24) is 4.98 Å². The molecule has 1 N–H and O–H groups in total. The van der Waals surface area contributed by atoms with Crippen LogP contribution in [0.5, 0.6) is 0 Å². The lowest BCUT2D eigenvalue weighted by molar-refractivity contribution is -0.384. The minimum Gasteiger partial charge on any atom is -0.360 e. The van der Waals surface area contributed by atoms with Crippen molar-refractivity contribution in [2.75, 3.05) is 5.32 Å². The van der Waals surface area contributed by atoms with Gasteiger partial charge in [-0.1, -0.05) is 23.7 Å². The van der Waals surface area contributed by atoms with E-state index in [2.05, 4.69) is 10.3 Å². The van der Waals surface area contributed by atoms with Crippen LogP contribution < -0.4 is 5.32 Å². The molecule has 0 aliphatic carbocycles. The van der Waals surface area contributed by atoms with E-state index in [1.807, 2.05) is 12.1 Å². The Labute approximate surface area is 109 Å². The van der Waals surface area contributed by atoms with Crippen LogP contribution in [0.4, 0.5) is 11.5 Å². The molecule has 18 heavy (non-hydrogen) atoms. The first kappa shape index (κ1) is 12.3. The van der Waals surface area contributed by atoms with E-state index in [-0.39, 0.29) is 11.5 Å². The Morgan fingerprint density at radius 2 is 2.17 bits per heavy atom. The predicted molar refractivity (Wildman–Crippen MR) is 69.7 cm³/mol. The number of nitrogens with one attached hydrogen (secondary N) is 1. The Morgan fingerprint density at radius 3 is 2.89 bits per heavy atom. The van der Waals surface area contributed by atoms with E-state index in [0.29, 0.717) is 11.6 Å². The lowest BCUT2D eigenvalue weighted by Crippen LogP contribution is -2.04. The molecule has 92 valence electrons. The van der Waals surface area contributed by atoms with E-state index in [9.17, 15) is 10.1 Å². The molecule has 0 saturated heterocycles. The zero-order valence-corrected chi connectivity index (χ0v) is 10.1. The molecule has 1 aromatic heterocycles. The highest BCUT2D eigenvalue weighted by molar-refractivity contribution is 6.30. The zero-order valence-electron chi connectivity index (χ0n) is 9.34. The van der Waals surface area contributed by atoms with Crippen molar-refractivity contribution in [3.8, 4) is 0 Å². The third-order valence-electron chi connectivity index (χ3n) is 2.33. The number of halogens is 1. The summed E-state index contributed by atoms with van der Waals surface area (Å²) in [6.45, 7) is 0.429. The molecule has 2 rings (SSSR count). The number of pyridine rings is 1. The maximum absolute atomic E-state index is 10.8. The second-order valence-electron chi connectivity index (χ2n) is 3.61. The standard InChI is InChI=1S/C12H10ClN3O2/c13-10-4-1-3-9(7-10)8-15-12-11(16(17)18)5-2-6-14-12/h1-7H,8H2,(H,14,15).